The van der Waals surface area contributed by atoms with Crippen LogP contribution in [-0.2, 0) is 4.79 Å². The van der Waals surface area contributed by atoms with E-state index in [0.29, 0.717) is 6.29 Å². The van der Waals surface area contributed by atoms with Gasteiger partial charge in [0.05, 0.1) is 0 Å². The highest BCUT2D eigenvalue weighted by atomic mass is 16.7. The Bertz CT molecular complexity index is 64.8. The topological polar surface area (TPSA) is 82.7 Å². The van der Waals surface area contributed by atoms with Crippen molar-refractivity contribution in [2.24, 2.45) is 0 Å². The number of hydrogen-bond acceptors (Lipinski definition) is 3. The molecule has 0 heterocycles. The van der Waals surface area contributed by atoms with Crippen molar-refractivity contribution in [3.63, 3.8) is 0 Å². The highest BCUT2D eigenvalue weighted by molar-refractivity contribution is 5.63. The van der Waals surface area contributed by atoms with Gasteiger partial charge in [-0.15, -0.1) is 6.58 Å². The molecule has 0 aromatic heterocycles. The Kier molecular flexibility index (Phi) is 535. The van der Waals surface area contributed by atoms with Crippen molar-refractivity contribution in [1.82, 2.24) is 0 Å². The SMILES string of the molecule is C.C=CC.C=CC=O.O.O=O. The fraction of sp³-hybridized carbons (Fsp3) is 0.286. The second-order valence-electron chi connectivity index (χ2n) is 0.780. The van der Waals surface area contributed by atoms with Crippen molar-refractivity contribution in [3.8, 4) is 0 Å². The Hall–Kier alpha value is -1.29. The van der Waals surface area contributed by atoms with Crippen LogP contribution in [-0.4, -0.2) is 11.8 Å². The first-order valence-electron chi connectivity index (χ1n) is 2.13. The van der Waals surface area contributed by atoms with Crippen molar-refractivity contribution in [3.05, 3.63) is 35.2 Å². The van der Waals surface area contributed by atoms with E-state index in [-0.39, 0.29) is 12.9 Å². The number of rotatable bonds is 1. The van der Waals surface area contributed by atoms with Crippen LogP contribution in [0.3, 0.4) is 0 Å². The van der Waals surface area contributed by atoms with Crippen molar-refractivity contribution >= 4 is 6.29 Å². The number of carbonyl (C=O) groups is 1. The average Bonchev–Trinajstić information content (AvgIpc) is 1.94. The van der Waals surface area contributed by atoms with Crippen molar-refractivity contribution in [1.29, 1.82) is 0 Å². The summed E-state index contributed by atoms with van der Waals surface area (Å²) in [6.07, 6.45) is 3.58. The summed E-state index contributed by atoms with van der Waals surface area (Å²) in [5, 5.41) is 0. The summed E-state index contributed by atoms with van der Waals surface area (Å²) >= 11 is 0. The van der Waals surface area contributed by atoms with Gasteiger partial charge in [-0.05, 0) is 13.0 Å². The third kappa shape index (κ3) is 4660. The maximum absolute atomic E-state index is 9.06. The fourth-order valence-electron chi connectivity index (χ4n) is 0. The van der Waals surface area contributed by atoms with E-state index >= 15 is 0 Å². The first-order valence-corrected chi connectivity index (χ1v) is 2.13. The fourth-order valence-corrected chi connectivity index (χ4v) is 0. The largest absolute Gasteiger partial charge is 0.412 e. The lowest BCUT2D eigenvalue weighted by atomic mass is 10.8. The molecule has 0 unspecified atom stereocenters. The summed E-state index contributed by atoms with van der Waals surface area (Å²) in [6, 6.07) is 0. The second kappa shape index (κ2) is 177. The molecule has 0 aliphatic carbocycles. The summed E-state index contributed by atoms with van der Waals surface area (Å²) in [5.41, 5.74) is 0. The lowest BCUT2D eigenvalue weighted by molar-refractivity contribution is -0.104. The number of aldehydes is 1. The molecule has 0 aromatic rings. The number of carbonyl (C=O) groups excluding carboxylic acids is 1. The molecule has 0 amide bonds. The third-order valence-electron chi connectivity index (χ3n) is 0.0962. The van der Waals surface area contributed by atoms with Crippen molar-refractivity contribution in [2.75, 3.05) is 0 Å². The Balaban J connectivity index is -0.0000000158. The molecule has 0 bridgehead atoms. The summed E-state index contributed by atoms with van der Waals surface area (Å²) in [7, 11) is 0. The molecule has 11 heavy (non-hydrogen) atoms. The van der Waals surface area contributed by atoms with Gasteiger partial charge >= 0.3 is 0 Å². The molecule has 0 aliphatic heterocycles. The molecule has 4 nitrogen and oxygen atoms in total. The van der Waals surface area contributed by atoms with E-state index in [1.165, 1.54) is 6.08 Å². The van der Waals surface area contributed by atoms with E-state index in [1.54, 1.807) is 6.08 Å². The maximum atomic E-state index is 9.06. The minimum Gasteiger partial charge on any atom is -0.412 e. The van der Waals surface area contributed by atoms with Gasteiger partial charge in [-0.1, -0.05) is 20.1 Å². The van der Waals surface area contributed by atoms with Crippen LogP contribution in [0.1, 0.15) is 14.4 Å². The predicted octanol–water partition coefficient (Wildman–Crippen LogP) is 1.44. The van der Waals surface area contributed by atoms with Gasteiger partial charge in [0.25, 0.3) is 0 Å². The highest BCUT2D eigenvalue weighted by Gasteiger charge is 1.38. The number of hydrogen-bond donors (Lipinski definition) is 0. The molecule has 0 saturated carbocycles. The second-order valence-corrected chi connectivity index (χ2v) is 0.780. The molecular formula is C7H16O4. The Morgan fingerprint density at radius 3 is 1.27 bits per heavy atom. The van der Waals surface area contributed by atoms with Crippen LogP contribution < -0.4 is 0 Å². The molecular weight excluding hydrogens is 148 g/mol. The van der Waals surface area contributed by atoms with Crippen LogP contribution >= 0.6 is 0 Å². The lowest BCUT2D eigenvalue weighted by Gasteiger charge is -1.37. The average molecular weight is 164 g/mol. The maximum Gasteiger partial charge on any atom is 0.142 e. The zero-order valence-electron chi connectivity index (χ0n) is 5.87. The first kappa shape index (κ1) is 33.2. The van der Waals surface area contributed by atoms with Gasteiger partial charge < -0.3 is 5.48 Å². The molecule has 0 radical (unpaired) electrons. The van der Waals surface area contributed by atoms with Crippen LogP contribution in [0, 0.1) is 9.93 Å². The van der Waals surface area contributed by atoms with Crippen LogP contribution in [0.2, 0.25) is 0 Å². The smallest absolute Gasteiger partial charge is 0.142 e. The highest BCUT2D eigenvalue weighted by Crippen LogP contribution is 1.38. The molecule has 4 heteroatoms. The van der Waals surface area contributed by atoms with E-state index in [2.05, 4.69) is 13.2 Å². The van der Waals surface area contributed by atoms with Crippen molar-refractivity contribution in [2.45, 2.75) is 14.4 Å². The van der Waals surface area contributed by atoms with Crippen LogP contribution in [0.4, 0.5) is 0 Å². The van der Waals surface area contributed by atoms with E-state index in [9.17, 15) is 0 Å². The molecule has 0 aliphatic rings. The van der Waals surface area contributed by atoms with Gasteiger partial charge in [-0.3, -0.25) is 4.79 Å². The Labute approximate surface area is 67.1 Å². The minimum atomic E-state index is 0. The van der Waals surface area contributed by atoms with Gasteiger partial charge in [0.15, 0.2) is 0 Å². The third-order valence-corrected chi connectivity index (χ3v) is 0.0962. The summed E-state index contributed by atoms with van der Waals surface area (Å²) in [5.74, 6) is 0. The molecule has 0 saturated heterocycles. The molecule has 0 atom stereocenters. The molecule has 0 rings (SSSR count). The quantitative estimate of drug-likeness (QED) is 0.334. The van der Waals surface area contributed by atoms with E-state index in [4.69, 9.17) is 14.7 Å². The van der Waals surface area contributed by atoms with Crippen LogP contribution in [0.5, 0.6) is 0 Å². The van der Waals surface area contributed by atoms with Crippen LogP contribution in [0.25, 0.3) is 0 Å². The lowest BCUT2D eigenvalue weighted by Crippen LogP contribution is -1.44. The van der Waals surface area contributed by atoms with E-state index in [1.807, 2.05) is 6.92 Å². The predicted molar refractivity (Wildman–Crippen MR) is 49.2 cm³/mol. The zero-order chi connectivity index (χ0) is 8.12. The van der Waals surface area contributed by atoms with Crippen molar-refractivity contribution < 1.29 is 10.3 Å². The number of allylic oxidation sites excluding steroid dienone is 2. The summed E-state index contributed by atoms with van der Waals surface area (Å²) in [4.78, 5) is 23.1. The Morgan fingerprint density at radius 2 is 1.27 bits per heavy atom. The zero-order valence-corrected chi connectivity index (χ0v) is 5.87. The minimum absolute atomic E-state index is 0. The Morgan fingerprint density at radius 1 is 1.18 bits per heavy atom. The molecule has 2 N–H and O–H groups in total. The standard InChI is InChI=1S/C3H4O.C3H6.CH4.O2.H2O/c1-2-3-4;1-3-2;;1-2;/h2-3H,1H2;3H,1H2,2H3;1H4;;1H2. The molecule has 0 fully saturated rings. The summed E-state index contributed by atoms with van der Waals surface area (Å²) in [6.45, 7) is 8.36. The van der Waals surface area contributed by atoms with Gasteiger partial charge in [0.1, 0.15) is 6.29 Å². The molecule has 0 aromatic carbocycles. The van der Waals surface area contributed by atoms with Gasteiger partial charge in [0, 0.05) is 9.93 Å². The van der Waals surface area contributed by atoms with Gasteiger partial charge in [-0.2, -0.15) is 0 Å². The monoisotopic (exact) mass is 164 g/mol. The van der Waals surface area contributed by atoms with E-state index < -0.39 is 0 Å². The van der Waals surface area contributed by atoms with E-state index in [0.717, 1.165) is 0 Å². The van der Waals surface area contributed by atoms with Gasteiger partial charge in [-0.25, -0.2) is 0 Å². The molecule has 0 spiro atoms. The first-order chi connectivity index (χ1) is 4.33. The van der Waals surface area contributed by atoms with Crippen LogP contribution in [0.15, 0.2) is 25.3 Å². The summed E-state index contributed by atoms with van der Waals surface area (Å²) < 4.78 is 0. The molecule has 68 valence electrons. The normalized spacial score (nSPS) is 3.36. The van der Waals surface area contributed by atoms with Gasteiger partial charge in [0.2, 0.25) is 0 Å².